The van der Waals surface area contributed by atoms with Gasteiger partial charge in [0.25, 0.3) is 0 Å². The van der Waals surface area contributed by atoms with Crippen LogP contribution in [0.5, 0.6) is 17.2 Å². The van der Waals surface area contributed by atoms with Crippen LogP contribution in [-0.4, -0.2) is 21.3 Å². The van der Waals surface area contributed by atoms with Crippen molar-refractivity contribution in [3.63, 3.8) is 0 Å². The van der Waals surface area contributed by atoms with Crippen molar-refractivity contribution in [1.82, 2.24) is 0 Å². The van der Waals surface area contributed by atoms with Gasteiger partial charge >= 0.3 is 0 Å². The molecule has 14 heavy (non-hydrogen) atoms. The molecule has 0 amide bonds. The molecular weight excluding hydrogens is 186 g/mol. The minimum atomic E-state index is 0.185. The van der Waals surface area contributed by atoms with Crippen LogP contribution in [-0.2, 0) is 0 Å². The summed E-state index contributed by atoms with van der Waals surface area (Å²) in [4.78, 5) is 10.4. The van der Waals surface area contributed by atoms with Gasteiger partial charge in [-0.25, -0.2) is 0 Å². The molecule has 0 bridgehead atoms. The summed E-state index contributed by atoms with van der Waals surface area (Å²) in [5.41, 5.74) is 0.185. The summed E-state index contributed by atoms with van der Waals surface area (Å²) in [6, 6.07) is 3.10. The van der Waals surface area contributed by atoms with Crippen LogP contribution < -0.4 is 14.2 Å². The first kappa shape index (κ1) is 10.3. The lowest BCUT2D eigenvalue weighted by molar-refractivity contribution is 0.325. The van der Waals surface area contributed by atoms with E-state index in [-0.39, 0.29) is 11.4 Å². The fourth-order valence-corrected chi connectivity index (χ4v) is 1.16. The van der Waals surface area contributed by atoms with E-state index < -0.39 is 0 Å². The Morgan fingerprint density at radius 1 is 1.00 bits per heavy atom. The molecule has 0 heterocycles. The van der Waals surface area contributed by atoms with E-state index >= 15 is 0 Å². The second kappa shape index (κ2) is 4.45. The minimum Gasteiger partial charge on any atom is -0.493 e. The molecule has 0 radical (unpaired) electrons. The average Bonchev–Trinajstić information content (AvgIpc) is 2.26. The van der Waals surface area contributed by atoms with Crippen LogP contribution in [0.15, 0.2) is 17.3 Å². The van der Waals surface area contributed by atoms with Crippen LogP contribution in [0.4, 0.5) is 5.69 Å². The van der Waals surface area contributed by atoms with Gasteiger partial charge in [0.1, 0.15) is 0 Å². The van der Waals surface area contributed by atoms with E-state index in [9.17, 15) is 4.91 Å². The van der Waals surface area contributed by atoms with Gasteiger partial charge in [-0.2, -0.15) is 0 Å². The summed E-state index contributed by atoms with van der Waals surface area (Å²) in [5.74, 6) is 1.14. The molecule has 5 heteroatoms. The monoisotopic (exact) mass is 197 g/mol. The summed E-state index contributed by atoms with van der Waals surface area (Å²) in [6.07, 6.45) is 0. The van der Waals surface area contributed by atoms with Crippen molar-refractivity contribution in [3.05, 3.63) is 17.0 Å². The molecule has 0 N–H and O–H groups in total. The van der Waals surface area contributed by atoms with Crippen molar-refractivity contribution in [2.45, 2.75) is 0 Å². The summed E-state index contributed by atoms with van der Waals surface area (Å²) in [7, 11) is 4.41. The highest BCUT2D eigenvalue weighted by Crippen LogP contribution is 2.43. The molecule has 0 saturated carbocycles. The second-order valence-electron chi connectivity index (χ2n) is 2.44. The molecule has 0 unspecified atom stereocenters. The van der Waals surface area contributed by atoms with Gasteiger partial charge in [-0.05, 0) is 17.3 Å². The Morgan fingerprint density at radius 3 is 2.07 bits per heavy atom. The third-order valence-corrected chi connectivity index (χ3v) is 1.78. The van der Waals surface area contributed by atoms with Crippen LogP contribution in [0.2, 0.25) is 0 Å². The van der Waals surface area contributed by atoms with Gasteiger partial charge in [0.2, 0.25) is 5.75 Å². The van der Waals surface area contributed by atoms with E-state index in [1.54, 1.807) is 6.07 Å². The molecule has 0 saturated heterocycles. The summed E-state index contributed by atoms with van der Waals surface area (Å²) in [5, 5.41) is 2.81. The van der Waals surface area contributed by atoms with Crippen molar-refractivity contribution in [3.8, 4) is 17.2 Å². The molecule has 5 nitrogen and oxygen atoms in total. The molecule has 1 rings (SSSR count). The van der Waals surface area contributed by atoms with Crippen molar-refractivity contribution in [2.24, 2.45) is 5.18 Å². The van der Waals surface area contributed by atoms with Crippen molar-refractivity contribution >= 4 is 5.69 Å². The SMILES string of the molecule is COc1ccc(N=O)c(OC)c1OC. The van der Waals surface area contributed by atoms with E-state index in [0.29, 0.717) is 11.5 Å². The first-order chi connectivity index (χ1) is 6.78. The Kier molecular flexibility index (Phi) is 3.28. The van der Waals surface area contributed by atoms with E-state index in [1.807, 2.05) is 0 Å². The van der Waals surface area contributed by atoms with E-state index in [4.69, 9.17) is 14.2 Å². The zero-order chi connectivity index (χ0) is 10.6. The number of methoxy groups -OCH3 is 3. The van der Waals surface area contributed by atoms with Crippen LogP contribution >= 0.6 is 0 Å². The smallest absolute Gasteiger partial charge is 0.205 e. The standard InChI is InChI=1S/C9H11NO4/c1-12-7-5-4-6(10-11)8(13-2)9(7)14-3/h4-5H,1-3H3. The molecule has 0 spiro atoms. The minimum absolute atomic E-state index is 0.185. The van der Waals surface area contributed by atoms with Gasteiger partial charge in [-0.1, -0.05) is 0 Å². The molecule has 0 aliphatic heterocycles. The van der Waals surface area contributed by atoms with Crippen molar-refractivity contribution in [2.75, 3.05) is 21.3 Å². The van der Waals surface area contributed by atoms with Crippen molar-refractivity contribution < 1.29 is 14.2 Å². The Labute approximate surface area is 81.6 Å². The topological polar surface area (TPSA) is 57.1 Å². The zero-order valence-electron chi connectivity index (χ0n) is 8.23. The average molecular weight is 197 g/mol. The van der Waals surface area contributed by atoms with Gasteiger partial charge in [0.15, 0.2) is 17.2 Å². The first-order valence-electron chi connectivity index (χ1n) is 3.90. The lowest BCUT2D eigenvalue weighted by Gasteiger charge is -2.12. The van der Waals surface area contributed by atoms with Gasteiger partial charge in [-0.3, -0.25) is 0 Å². The molecule has 0 atom stereocenters. The maximum atomic E-state index is 10.4. The molecular formula is C9H11NO4. The summed E-state index contributed by atoms with van der Waals surface area (Å²) < 4.78 is 15.1. The quantitative estimate of drug-likeness (QED) is 0.693. The predicted molar refractivity (Wildman–Crippen MR) is 51.6 cm³/mol. The van der Waals surface area contributed by atoms with E-state index in [1.165, 1.54) is 27.4 Å². The molecule has 0 aliphatic rings. The Balaban J connectivity index is 3.35. The number of benzene rings is 1. The number of hydrogen-bond acceptors (Lipinski definition) is 5. The number of ether oxygens (including phenoxy) is 3. The van der Waals surface area contributed by atoms with Crippen LogP contribution in [0.25, 0.3) is 0 Å². The van der Waals surface area contributed by atoms with E-state index in [2.05, 4.69) is 5.18 Å². The third-order valence-electron chi connectivity index (χ3n) is 1.78. The molecule has 1 aromatic carbocycles. The van der Waals surface area contributed by atoms with Gasteiger partial charge < -0.3 is 14.2 Å². The van der Waals surface area contributed by atoms with Gasteiger partial charge in [0.05, 0.1) is 21.3 Å². The maximum absolute atomic E-state index is 10.4. The number of nitroso groups, excluding NO2 is 1. The lowest BCUT2D eigenvalue weighted by atomic mass is 10.2. The number of rotatable bonds is 4. The highest BCUT2D eigenvalue weighted by Gasteiger charge is 2.15. The molecule has 76 valence electrons. The Bertz CT molecular complexity index is 338. The number of nitrogens with zero attached hydrogens (tertiary/aromatic N) is 1. The normalized spacial score (nSPS) is 9.36. The van der Waals surface area contributed by atoms with Crippen molar-refractivity contribution in [1.29, 1.82) is 0 Å². The Morgan fingerprint density at radius 2 is 1.64 bits per heavy atom. The zero-order valence-corrected chi connectivity index (χ0v) is 8.23. The fraction of sp³-hybridized carbons (Fsp3) is 0.333. The van der Waals surface area contributed by atoms with Gasteiger partial charge in [-0.15, -0.1) is 4.91 Å². The van der Waals surface area contributed by atoms with Crippen LogP contribution in [0, 0.1) is 4.91 Å². The highest BCUT2D eigenvalue weighted by molar-refractivity contribution is 5.65. The first-order valence-corrected chi connectivity index (χ1v) is 3.90. The lowest BCUT2D eigenvalue weighted by Crippen LogP contribution is -1.94. The largest absolute Gasteiger partial charge is 0.493 e. The third kappa shape index (κ3) is 1.61. The summed E-state index contributed by atoms with van der Waals surface area (Å²) in [6.45, 7) is 0. The highest BCUT2D eigenvalue weighted by atomic mass is 16.5. The summed E-state index contributed by atoms with van der Waals surface area (Å²) >= 11 is 0. The van der Waals surface area contributed by atoms with Crippen LogP contribution in [0.3, 0.4) is 0 Å². The Hall–Kier alpha value is -1.78. The fourth-order valence-electron chi connectivity index (χ4n) is 1.16. The predicted octanol–water partition coefficient (Wildman–Crippen LogP) is 2.11. The van der Waals surface area contributed by atoms with Crippen LogP contribution in [0.1, 0.15) is 0 Å². The van der Waals surface area contributed by atoms with E-state index in [0.717, 1.165) is 0 Å². The molecule has 0 aromatic heterocycles. The maximum Gasteiger partial charge on any atom is 0.205 e. The molecule has 0 aliphatic carbocycles. The second-order valence-corrected chi connectivity index (χ2v) is 2.44. The van der Waals surface area contributed by atoms with Gasteiger partial charge in [0, 0.05) is 0 Å². The molecule has 0 fully saturated rings. The molecule has 1 aromatic rings. The number of hydrogen-bond donors (Lipinski definition) is 0.